The first-order valence-electron chi connectivity index (χ1n) is 10.8. The molecule has 1 aliphatic rings. The van der Waals surface area contributed by atoms with Crippen molar-refractivity contribution in [1.82, 2.24) is 4.90 Å². The van der Waals surface area contributed by atoms with Crippen molar-refractivity contribution < 1.29 is 18.7 Å². The summed E-state index contributed by atoms with van der Waals surface area (Å²) in [7, 11) is 5.46. The molecule has 0 saturated heterocycles. The summed E-state index contributed by atoms with van der Waals surface area (Å²) in [6, 6.07) is 6.72. The Morgan fingerprint density at radius 3 is 2.43 bits per heavy atom. The first kappa shape index (κ1) is 24.1. The Kier molecular flexibility index (Phi) is 9.09. The van der Waals surface area contributed by atoms with Crippen LogP contribution in [0.2, 0.25) is 0 Å². The van der Waals surface area contributed by atoms with E-state index in [4.69, 9.17) is 9.47 Å². The predicted octanol–water partition coefficient (Wildman–Crippen LogP) is 5.00. The van der Waals surface area contributed by atoms with Crippen LogP contribution < -0.4 is 0 Å². The van der Waals surface area contributed by atoms with Gasteiger partial charge in [-0.15, -0.1) is 0 Å². The first-order valence-corrected chi connectivity index (χ1v) is 10.8. The molecule has 4 nitrogen and oxygen atoms in total. The Morgan fingerprint density at radius 2 is 1.87 bits per heavy atom. The quantitative estimate of drug-likeness (QED) is 0.449. The molecule has 2 atom stereocenters. The molecule has 0 bridgehead atoms. The highest BCUT2D eigenvalue weighted by Gasteiger charge is 2.46. The van der Waals surface area contributed by atoms with Crippen LogP contribution in [0.5, 0.6) is 0 Å². The zero-order valence-corrected chi connectivity index (χ0v) is 19.0. The van der Waals surface area contributed by atoms with Gasteiger partial charge >= 0.3 is 0 Å². The van der Waals surface area contributed by atoms with E-state index in [1.165, 1.54) is 12.1 Å². The molecule has 0 N–H and O–H groups in total. The van der Waals surface area contributed by atoms with Crippen molar-refractivity contribution >= 4 is 6.29 Å². The van der Waals surface area contributed by atoms with Gasteiger partial charge in [0, 0.05) is 30.4 Å². The molecule has 0 aromatic heterocycles. The number of nitrogens with zero attached hydrogens (tertiary/aromatic N) is 1. The molecule has 0 heterocycles. The normalized spacial score (nSPS) is 21.4. The number of carbonyl (C=O) groups is 1. The van der Waals surface area contributed by atoms with E-state index in [0.29, 0.717) is 12.3 Å². The van der Waals surface area contributed by atoms with Crippen molar-refractivity contribution in [2.24, 2.45) is 17.3 Å². The van der Waals surface area contributed by atoms with E-state index in [1.54, 1.807) is 14.2 Å². The van der Waals surface area contributed by atoms with Gasteiger partial charge in [0.15, 0.2) is 0 Å². The van der Waals surface area contributed by atoms with E-state index in [0.717, 1.165) is 55.7 Å². The second-order valence-corrected chi connectivity index (χ2v) is 8.47. The maximum atomic E-state index is 13.1. The van der Waals surface area contributed by atoms with Crippen molar-refractivity contribution in [3.63, 3.8) is 0 Å². The number of benzene rings is 1. The maximum Gasteiger partial charge on any atom is 0.123 e. The summed E-state index contributed by atoms with van der Waals surface area (Å²) in [5.74, 6) is 1.82. The van der Waals surface area contributed by atoms with E-state index in [-0.39, 0.29) is 17.2 Å². The lowest BCUT2D eigenvalue weighted by atomic mass is 9.61. The lowest BCUT2D eigenvalue weighted by Crippen LogP contribution is -2.40. The highest BCUT2D eigenvalue weighted by atomic mass is 19.1. The molecule has 0 fully saturated rings. The molecule has 1 aromatic rings. The second kappa shape index (κ2) is 11.3. The van der Waals surface area contributed by atoms with Gasteiger partial charge in [-0.05, 0) is 62.5 Å². The summed E-state index contributed by atoms with van der Waals surface area (Å²) >= 11 is 0. The average Bonchev–Trinajstić information content (AvgIpc) is 2.73. The van der Waals surface area contributed by atoms with Crippen LogP contribution in [0, 0.1) is 23.1 Å². The van der Waals surface area contributed by atoms with Crippen LogP contribution in [0.3, 0.4) is 0 Å². The fourth-order valence-corrected chi connectivity index (χ4v) is 4.63. The second-order valence-electron chi connectivity index (χ2n) is 8.47. The Bertz CT molecular complexity index is 741. The number of likely N-dealkylation sites (N-methyl/N-ethyl adjacent to an activating group) is 1. The number of hydrogen-bond donors (Lipinski definition) is 0. The Labute approximate surface area is 180 Å². The first-order chi connectivity index (χ1) is 14.4. The lowest BCUT2D eigenvalue weighted by Gasteiger charge is -2.46. The maximum absolute atomic E-state index is 13.1. The highest BCUT2D eigenvalue weighted by Crippen LogP contribution is 2.51. The molecule has 0 amide bonds. The summed E-state index contributed by atoms with van der Waals surface area (Å²) in [6.07, 6.45) is 8.31. The number of rotatable bonds is 12. The van der Waals surface area contributed by atoms with Crippen LogP contribution in [-0.2, 0) is 20.7 Å². The number of hydrogen-bond acceptors (Lipinski definition) is 4. The number of methoxy groups -OCH3 is 2. The minimum absolute atomic E-state index is 0.0504. The molecule has 2 unspecified atom stereocenters. The van der Waals surface area contributed by atoms with E-state index in [9.17, 15) is 9.18 Å². The summed E-state index contributed by atoms with van der Waals surface area (Å²) < 4.78 is 24.3. The summed E-state index contributed by atoms with van der Waals surface area (Å²) in [6.45, 7) is 6.27. The van der Waals surface area contributed by atoms with Crippen molar-refractivity contribution in [2.75, 3.05) is 34.4 Å². The smallest absolute Gasteiger partial charge is 0.123 e. The summed E-state index contributed by atoms with van der Waals surface area (Å²) in [5.41, 5.74) is 0.914. The van der Waals surface area contributed by atoms with Gasteiger partial charge in [0.25, 0.3) is 0 Å². The van der Waals surface area contributed by atoms with Crippen LogP contribution in [0.1, 0.15) is 38.7 Å². The Hall–Kier alpha value is -2.14. The minimum atomic E-state index is -0.227. The van der Waals surface area contributed by atoms with Crippen LogP contribution in [0.15, 0.2) is 47.9 Å². The van der Waals surface area contributed by atoms with Crippen LogP contribution >= 0.6 is 0 Å². The van der Waals surface area contributed by atoms with Gasteiger partial charge in [0.05, 0.1) is 14.2 Å². The number of aldehydes is 1. The van der Waals surface area contributed by atoms with Crippen molar-refractivity contribution in [3.05, 3.63) is 59.3 Å². The van der Waals surface area contributed by atoms with Gasteiger partial charge in [-0.25, -0.2) is 4.39 Å². The molecule has 2 rings (SSSR count). The third-order valence-electron chi connectivity index (χ3n) is 6.42. The van der Waals surface area contributed by atoms with Gasteiger partial charge in [-0.3, -0.25) is 0 Å². The van der Waals surface area contributed by atoms with Gasteiger partial charge in [0.2, 0.25) is 0 Å². The zero-order valence-electron chi connectivity index (χ0n) is 19.0. The summed E-state index contributed by atoms with van der Waals surface area (Å²) in [4.78, 5) is 13.7. The number of ether oxygens (including phenoxy) is 2. The van der Waals surface area contributed by atoms with Gasteiger partial charge in [-0.1, -0.05) is 26.0 Å². The SMILES string of the molecule is COC1=CC(CC=O)C(CCCN(C)CCc2ccc(F)cc2)(C(C)C)C(OC)=C1. The van der Waals surface area contributed by atoms with E-state index >= 15 is 0 Å². The lowest BCUT2D eigenvalue weighted by molar-refractivity contribution is -0.109. The molecule has 1 aromatic carbocycles. The van der Waals surface area contributed by atoms with E-state index in [2.05, 4.69) is 31.9 Å². The van der Waals surface area contributed by atoms with Crippen molar-refractivity contribution in [2.45, 2.75) is 39.5 Å². The zero-order chi connectivity index (χ0) is 22.1. The third kappa shape index (κ3) is 5.72. The Balaban J connectivity index is 2.04. The molecule has 30 heavy (non-hydrogen) atoms. The monoisotopic (exact) mass is 417 g/mol. The third-order valence-corrected chi connectivity index (χ3v) is 6.42. The predicted molar refractivity (Wildman–Crippen MR) is 118 cm³/mol. The van der Waals surface area contributed by atoms with E-state index in [1.807, 2.05) is 18.2 Å². The Morgan fingerprint density at radius 1 is 1.17 bits per heavy atom. The van der Waals surface area contributed by atoms with Crippen LogP contribution in [0.4, 0.5) is 4.39 Å². The number of halogens is 1. The largest absolute Gasteiger partial charge is 0.500 e. The molecule has 1 aliphatic carbocycles. The summed E-state index contributed by atoms with van der Waals surface area (Å²) in [5, 5.41) is 0. The molecule has 0 aliphatic heterocycles. The fourth-order valence-electron chi connectivity index (χ4n) is 4.63. The van der Waals surface area contributed by atoms with Gasteiger partial charge < -0.3 is 19.2 Å². The standard InChI is InChI=1S/C25H36FNO3/c1-19(2)25(21(12-16-28)17-23(29-4)18-24(25)30-5)13-6-14-27(3)15-11-20-7-9-22(26)10-8-20/h7-10,16-19,21H,6,11-15H2,1-5H3. The average molecular weight is 418 g/mol. The van der Waals surface area contributed by atoms with Crippen molar-refractivity contribution in [3.8, 4) is 0 Å². The molecule has 5 heteroatoms. The fraction of sp³-hybridized carbons (Fsp3) is 0.560. The van der Waals surface area contributed by atoms with Gasteiger partial charge in [-0.2, -0.15) is 0 Å². The van der Waals surface area contributed by atoms with Crippen molar-refractivity contribution in [1.29, 1.82) is 0 Å². The topological polar surface area (TPSA) is 38.8 Å². The molecular weight excluding hydrogens is 381 g/mol. The number of carbonyl (C=O) groups excluding carboxylic acids is 1. The molecule has 0 saturated carbocycles. The molecule has 166 valence electrons. The molecule has 0 spiro atoms. The van der Waals surface area contributed by atoms with Crippen LogP contribution in [-0.4, -0.2) is 45.5 Å². The van der Waals surface area contributed by atoms with Gasteiger partial charge in [0.1, 0.15) is 23.6 Å². The van der Waals surface area contributed by atoms with Crippen LogP contribution in [0.25, 0.3) is 0 Å². The highest BCUT2D eigenvalue weighted by molar-refractivity contribution is 5.52. The molecule has 0 radical (unpaired) electrons. The minimum Gasteiger partial charge on any atom is -0.500 e. The molecular formula is C25H36FNO3. The number of allylic oxidation sites excluding steroid dienone is 3. The van der Waals surface area contributed by atoms with E-state index < -0.39 is 0 Å².